The molecule has 0 saturated heterocycles. The van der Waals surface area contributed by atoms with E-state index in [0.717, 1.165) is 17.8 Å². The van der Waals surface area contributed by atoms with Gasteiger partial charge in [-0.3, -0.25) is 14.7 Å². The van der Waals surface area contributed by atoms with Gasteiger partial charge in [-0.25, -0.2) is 4.98 Å². The van der Waals surface area contributed by atoms with E-state index in [-0.39, 0.29) is 11.5 Å². The van der Waals surface area contributed by atoms with Crippen LogP contribution in [0.3, 0.4) is 0 Å². The van der Waals surface area contributed by atoms with Gasteiger partial charge in [-0.05, 0) is 0 Å². The van der Waals surface area contributed by atoms with E-state index in [1.165, 1.54) is 0 Å². The molecule has 1 aromatic carbocycles. The highest BCUT2D eigenvalue weighted by molar-refractivity contribution is 5.50. The Bertz CT molecular complexity index is 809. The van der Waals surface area contributed by atoms with Gasteiger partial charge in [-0.1, -0.05) is 0 Å². The molecule has 2 heterocycles. The summed E-state index contributed by atoms with van der Waals surface area (Å²) in [6.45, 7) is 1.84. The molecule has 0 saturated carbocycles. The van der Waals surface area contributed by atoms with Crippen molar-refractivity contribution in [3.05, 3.63) is 39.3 Å². The number of benzene rings is 1. The molecular formula is C17H22N4O4. The van der Waals surface area contributed by atoms with Crippen LogP contribution < -0.4 is 25.5 Å². The Hall–Kier alpha value is -2.74. The number of hydrogen-bond donors (Lipinski definition) is 2. The van der Waals surface area contributed by atoms with Crippen LogP contribution in [0, 0.1) is 0 Å². The van der Waals surface area contributed by atoms with Gasteiger partial charge in [0.05, 0.1) is 38.2 Å². The largest absolute Gasteiger partial charge is 0.496 e. The molecule has 3 N–H and O–H groups in total. The van der Waals surface area contributed by atoms with E-state index in [1.807, 2.05) is 12.1 Å². The summed E-state index contributed by atoms with van der Waals surface area (Å²) in [4.78, 5) is 21.1. The summed E-state index contributed by atoms with van der Waals surface area (Å²) >= 11 is 0. The standard InChI is InChI=1S/C17H22N4O4/c1-23-10-6-14(24-2)12(15(7-10)25-3)9-21-5-4-13-11(8-21)16(22)20-17(18)19-13/h6-7H,4-5,8-9H2,1-3H3,(H3,18,19,20,22). The van der Waals surface area contributed by atoms with Crippen LogP contribution in [0.5, 0.6) is 17.2 Å². The first-order valence-electron chi connectivity index (χ1n) is 7.94. The Morgan fingerprint density at radius 3 is 2.48 bits per heavy atom. The van der Waals surface area contributed by atoms with E-state index in [1.54, 1.807) is 21.3 Å². The number of methoxy groups -OCH3 is 3. The van der Waals surface area contributed by atoms with E-state index in [2.05, 4.69) is 14.9 Å². The molecule has 0 atom stereocenters. The monoisotopic (exact) mass is 346 g/mol. The summed E-state index contributed by atoms with van der Waals surface area (Å²) in [6, 6.07) is 3.65. The number of nitrogen functional groups attached to an aromatic ring is 1. The smallest absolute Gasteiger partial charge is 0.257 e. The second kappa shape index (κ2) is 7.02. The zero-order valence-electron chi connectivity index (χ0n) is 14.6. The maximum absolute atomic E-state index is 12.1. The number of ether oxygens (including phenoxy) is 3. The van der Waals surface area contributed by atoms with Gasteiger partial charge in [-0.15, -0.1) is 0 Å². The highest BCUT2D eigenvalue weighted by Crippen LogP contribution is 2.35. The minimum absolute atomic E-state index is 0.163. The van der Waals surface area contributed by atoms with Gasteiger partial charge < -0.3 is 19.9 Å². The fourth-order valence-electron chi connectivity index (χ4n) is 3.09. The van der Waals surface area contributed by atoms with Crippen molar-refractivity contribution in [2.75, 3.05) is 33.6 Å². The van der Waals surface area contributed by atoms with Crippen molar-refractivity contribution in [1.82, 2.24) is 14.9 Å². The lowest BCUT2D eigenvalue weighted by Crippen LogP contribution is -2.35. The van der Waals surface area contributed by atoms with E-state index in [0.29, 0.717) is 42.3 Å². The number of hydrogen-bond acceptors (Lipinski definition) is 7. The molecule has 1 aliphatic rings. The molecule has 25 heavy (non-hydrogen) atoms. The third kappa shape index (κ3) is 3.39. The molecule has 0 radical (unpaired) electrons. The summed E-state index contributed by atoms with van der Waals surface area (Å²) in [5.41, 5.74) is 7.78. The van der Waals surface area contributed by atoms with Gasteiger partial charge in [0.25, 0.3) is 5.56 Å². The lowest BCUT2D eigenvalue weighted by molar-refractivity contribution is 0.233. The maximum Gasteiger partial charge on any atom is 0.257 e. The molecule has 134 valence electrons. The Labute approximate surface area is 145 Å². The van der Waals surface area contributed by atoms with Gasteiger partial charge in [0.1, 0.15) is 17.2 Å². The molecule has 2 aromatic rings. The molecule has 0 aliphatic carbocycles. The van der Waals surface area contributed by atoms with Crippen LogP contribution in [-0.2, 0) is 19.5 Å². The van der Waals surface area contributed by atoms with Gasteiger partial charge in [-0.2, -0.15) is 0 Å². The fraction of sp³-hybridized carbons (Fsp3) is 0.412. The molecular weight excluding hydrogens is 324 g/mol. The van der Waals surface area contributed by atoms with Crippen molar-refractivity contribution in [3.8, 4) is 17.2 Å². The van der Waals surface area contributed by atoms with Gasteiger partial charge >= 0.3 is 0 Å². The van der Waals surface area contributed by atoms with Crippen molar-refractivity contribution in [2.45, 2.75) is 19.5 Å². The number of anilines is 1. The number of nitrogens with zero attached hydrogens (tertiary/aromatic N) is 2. The average Bonchev–Trinajstić information content (AvgIpc) is 2.62. The number of fused-ring (bicyclic) bond motifs is 1. The fourth-order valence-corrected chi connectivity index (χ4v) is 3.09. The summed E-state index contributed by atoms with van der Waals surface area (Å²) in [7, 11) is 4.82. The third-order valence-electron chi connectivity index (χ3n) is 4.36. The number of rotatable bonds is 5. The lowest BCUT2D eigenvalue weighted by Gasteiger charge is -2.28. The Balaban J connectivity index is 1.89. The van der Waals surface area contributed by atoms with Crippen molar-refractivity contribution in [2.24, 2.45) is 0 Å². The van der Waals surface area contributed by atoms with Crippen molar-refractivity contribution in [1.29, 1.82) is 0 Å². The van der Waals surface area contributed by atoms with Crippen molar-refractivity contribution >= 4 is 5.95 Å². The first-order chi connectivity index (χ1) is 12.0. The van der Waals surface area contributed by atoms with Gasteiger partial charge in [0.2, 0.25) is 5.95 Å². The zero-order chi connectivity index (χ0) is 18.0. The first-order valence-corrected chi connectivity index (χ1v) is 7.94. The van der Waals surface area contributed by atoms with Crippen LogP contribution in [0.4, 0.5) is 5.95 Å². The van der Waals surface area contributed by atoms with Gasteiger partial charge in [0.15, 0.2) is 0 Å². The van der Waals surface area contributed by atoms with Gasteiger partial charge in [0, 0.05) is 38.2 Å². The summed E-state index contributed by atoms with van der Waals surface area (Å²) in [6.07, 6.45) is 0.671. The van der Waals surface area contributed by atoms with Crippen molar-refractivity contribution < 1.29 is 14.2 Å². The molecule has 1 aromatic heterocycles. The SMILES string of the molecule is COc1cc(OC)c(CN2CCc3nc(N)[nH]c(=O)c3C2)c(OC)c1. The Kier molecular flexibility index (Phi) is 4.80. The molecule has 8 nitrogen and oxygen atoms in total. The quantitative estimate of drug-likeness (QED) is 0.830. The van der Waals surface area contributed by atoms with E-state index < -0.39 is 0 Å². The molecule has 0 bridgehead atoms. The van der Waals surface area contributed by atoms with Crippen LogP contribution in [0.25, 0.3) is 0 Å². The molecule has 8 heteroatoms. The van der Waals surface area contributed by atoms with Crippen LogP contribution in [-0.4, -0.2) is 42.7 Å². The molecule has 0 unspecified atom stereocenters. The Morgan fingerprint density at radius 1 is 1.20 bits per heavy atom. The second-order valence-corrected chi connectivity index (χ2v) is 5.85. The van der Waals surface area contributed by atoms with E-state index in [4.69, 9.17) is 19.9 Å². The number of aromatic nitrogens is 2. The highest BCUT2D eigenvalue weighted by atomic mass is 16.5. The molecule has 0 spiro atoms. The van der Waals surface area contributed by atoms with Crippen molar-refractivity contribution in [3.63, 3.8) is 0 Å². The minimum Gasteiger partial charge on any atom is -0.496 e. The zero-order valence-corrected chi connectivity index (χ0v) is 14.6. The molecule has 0 amide bonds. The Morgan fingerprint density at radius 2 is 1.88 bits per heavy atom. The minimum atomic E-state index is -0.180. The lowest BCUT2D eigenvalue weighted by atomic mass is 10.1. The first kappa shape index (κ1) is 17.1. The van der Waals surface area contributed by atoms with Crippen LogP contribution in [0.15, 0.2) is 16.9 Å². The van der Waals surface area contributed by atoms with Crippen LogP contribution in [0.2, 0.25) is 0 Å². The summed E-state index contributed by atoms with van der Waals surface area (Å²) in [5, 5.41) is 0. The molecule has 1 aliphatic heterocycles. The maximum atomic E-state index is 12.1. The van der Waals surface area contributed by atoms with E-state index >= 15 is 0 Å². The predicted octanol–water partition coefficient (Wildman–Crippen LogP) is 0.936. The second-order valence-electron chi connectivity index (χ2n) is 5.85. The highest BCUT2D eigenvalue weighted by Gasteiger charge is 2.23. The number of nitrogens with two attached hydrogens (primary N) is 1. The van der Waals surface area contributed by atoms with E-state index in [9.17, 15) is 4.79 Å². The average molecular weight is 346 g/mol. The number of aromatic amines is 1. The molecule has 3 rings (SSSR count). The van der Waals surface area contributed by atoms with Crippen LogP contribution >= 0.6 is 0 Å². The topological polar surface area (TPSA) is 103 Å². The number of nitrogens with one attached hydrogen (secondary N) is 1. The normalized spacial score (nSPS) is 14.0. The summed E-state index contributed by atoms with van der Waals surface area (Å²) < 4.78 is 16.3. The predicted molar refractivity (Wildman–Crippen MR) is 93.2 cm³/mol. The van der Waals surface area contributed by atoms with Crippen LogP contribution in [0.1, 0.15) is 16.8 Å². The third-order valence-corrected chi connectivity index (χ3v) is 4.36. The number of H-pyrrole nitrogens is 1. The summed E-state index contributed by atoms with van der Waals surface area (Å²) in [5.74, 6) is 2.20. The molecule has 0 fully saturated rings.